The molecule has 0 saturated carbocycles. The summed E-state index contributed by atoms with van der Waals surface area (Å²) in [7, 11) is -4.83. The minimum absolute atomic E-state index is 0.00845. The van der Waals surface area contributed by atoms with Crippen LogP contribution in [0, 0.1) is 0 Å². The van der Waals surface area contributed by atoms with E-state index in [2.05, 4.69) is 4.72 Å². The van der Waals surface area contributed by atoms with E-state index >= 15 is 0 Å². The highest BCUT2D eigenvalue weighted by Gasteiger charge is 2.17. The van der Waals surface area contributed by atoms with Crippen molar-refractivity contribution in [2.24, 2.45) is 5.14 Å². The Bertz CT molecular complexity index is 1270. The van der Waals surface area contributed by atoms with Gasteiger partial charge in [-0.2, -0.15) is 0 Å². The zero-order valence-corrected chi connectivity index (χ0v) is 17.8. The third-order valence-corrected chi connectivity index (χ3v) is 6.60. The lowest BCUT2D eigenvalue weighted by Gasteiger charge is -2.13. The predicted octanol–water partition coefficient (Wildman–Crippen LogP) is 2.82. The fraction of sp³-hybridized carbons (Fsp3) is 0.100. The maximum absolute atomic E-state index is 12.7. The largest absolute Gasteiger partial charge is 0.493 e. The van der Waals surface area contributed by atoms with Gasteiger partial charge in [0.05, 0.1) is 29.7 Å². The number of benzene rings is 3. The number of para-hydroxylation sites is 1. The van der Waals surface area contributed by atoms with E-state index in [0.29, 0.717) is 11.5 Å². The molecule has 0 saturated heterocycles. The second-order valence-corrected chi connectivity index (χ2v) is 9.49. The first-order valence-electron chi connectivity index (χ1n) is 8.63. The summed E-state index contributed by atoms with van der Waals surface area (Å²) < 4.78 is 61.4. The Kier molecular flexibility index (Phi) is 6.01. The van der Waals surface area contributed by atoms with Gasteiger partial charge in [-0.3, -0.25) is 4.72 Å². The van der Waals surface area contributed by atoms with Crippen LogP contribution in [-0.4, -0.2) is 31.1 Å². The van der Waals surface area contributed by atoms with Crippen molar-refractivity contribution in [1.29, 1.82) is 0 Å². The van der Waals surface area contributed by atoms with Gasteiger partial charge >= 0.3 is 0 Å². The molecule has 0 aromatic heterocycles. The molecule has 0 spiro atoms. The van der Waals surface area contributed by atoms with Crippen LogP contribution in [-0.2, 0) is 20.0 Å². The molecule has 0 bridgehead atoms. The SMILES string of the molecule is COc1cccc(-c2ccc(S(=O)(=O)Nc3cccc(S(N)(=O)=O)c3)cc2)c1OC. The van der Waals surface area contributed by atoms with Crippen molar-refractivity contribution in [2.45, 2.75) is 9.79 Å². The number of anilines is 1. The third kappa shape index (κ3) is 4.56. The van der Waals surface area contributed by atoms with E-state index in [0.717, 1.165) is 17.2 Å². The standard InChI is InChI=1S/C20H20N2O6S2/c1-27-19-8-4-7-18(20(19)28-2)14-9-11-16(12-10-14)30(25,26)22-15-5-3-6-17(13-15)29(21,23)24/h3-13,22H,1-2H3,(H2,21,23,24). The van der Waals surface area contributed by atoms with Crippen molar-refractivity contribution in [3.8, 4) is 22.6 Å². The third-order valence-electron chi connectivity index (χ3n) is 4.29. The number of sulfonamides is 2. The summed E-state index contributed by atoms with van der Waals surface area (Å²) in [6.45, 7) is 0. The van der Waals surface area contributed by atoms with Crippen LogP contribution in [0.5, 0.6) is 11.5 Å². The monoisotopic (exact) mass is 448 g/mol. The number of ether oxygens (including phenoxy) is 2. The predicted molar refractivity (Wildman–Crippen MR) is 114 cm³/mol. The van der Waals surface area contributed by atoms with Crippen LogP contribution in [0.4, 0.5) is 5.69 Å². The van der Waals surface area contributed by atoms with Gasteiger partial charge in [-0.05, 0) is 42.0 Å². The highest BCUT2D eigenvalue weighted by Crippen LogP contribution is 2.38. The lowest BCUT2D eigenvalue weighted by Crippen LogP contribution is -2.15. The smallest absolute Gasteiger partial charge is 0.261 e. The number of hydrogen-bond acceptors (Lipinski definition) is 6. The van der Waals surface area contributed by atoms with Gasteiger partial charge in [0.25, 0.3) is 10.0 Å². The Balaban J connectivity index is 1.91. The zero-order chi connectivity index (χ0) is 21.9. The molecule has 3 aromatic rings. The Hall–Kier alpha value is -3.08. The minimum atomic E-state index is -3.95. The number of nitrogens with two attached hydrogens (primary N) is 1. The van der Waals surface area contributed by atoms with Crippen LogP contribution in [0.1, 0.15) is 0 Å². The molecular formula is C20H20N2O6S2. The van der Waals surface area contributed by atoms with Crippen LogP contribution in [0.3, 0.4) is 0 Å². The zero-order valence-electron chi connectivity index (χ0n) is 16.2. The van der Waals surface area contributed by atoms with Gasteiger partial charge in [-0.1, -0.05) is 30.3 Å². The average Bonchev–Trinajstić information content (AvgIpc) is 2.72. The lowest BCUT2D eigenvalue weighted by atomic mass is 10.0. The van der Waals surface area contributed by atoms with Crippen molar-refractivity contribution < 1.29 is 26.3 Å². The summed E-state index contributed by atoms with van der Waals surface area (Å²) in [5, 5.41) is 5.09. The minimum Gasteiger partial charge on any atom is -0.493 e. The van der Waals surface area contributed by atoms with Gasteiger partial charge in [0, 0.05) is 5.56 Å². The van der Waals surface area contributed by atoms with E-state index in [4.69, 9.17) is 14.6 Å². The molecular weight excluding hydrogens is 428 g/mol. The highest BCUT2D eigenvalue weighted by atomic mass is 32.2. The van der Waals surface area contributed by atoms with Crippen molar-refractivity contribution in [1.82, 2.24) is 0 Å². The van der Waals surface area contributed by atoms with Crippen molar-refractivity contribution >= 4 is 25.7 Å². The van der Waals surface area contributed by atoms with Crippen molar-refractivity contribution in [3.05, 3.63) is 66.7 Å². The van der Waals surface area contributed by atoms with Crippen LogP contribution < -0.4 is 19.3 Å². The molecule has 3 N–H and O–H groups in total. The summed E-state index contributed by atoms with van der Waals surface area (Å²) in [4.78, 5) is -0.183. The molecule has 0 unspecified atom stereocenters. The van der Waals surface area contributed by atoms with Gasteiger partial charge in [0.1, 0.15) is 0 Å². The molecule has 30 heavy (non-hydrogen) atoms. The maximum atomic E-state index is 12.7. The first kappa shape index (κ1) is 21.6. The molecule has 10 heteroatoms. The van der Waals surface area contributed by atoms with E-state index in [9.17, 15) is 16.8 Å². The van der Waals surface area contributed by atoms with Gasteiger partial charge in [0.15, 0.2) is 11.5 Å². The second kappa shape index (κ2) is 8.34. The van der Waals surface area contributed by atoms with E-state index in [1.165, 1.54) is 44.6 Å². The van der Waals surface area contributed by atoms with E-state index < -0.39 is 20.0 Å². The van der Waals surface area contributed by atoms with E-state index in [1.807, 2.05) is 6.07 Å². The average molecular weight is 449 g/mol. The topological polar surface area (TPSA) is 125 Å². The normalized spacial score (nSPS) is 11.7. The summed E-state index contributed by atoms with van der Waals surface area (Å²) in [5.41, 5.74) is 1.57. The summed E-state index contributed by atoms with van der Waals surface area (Å²) in [6, 6.07) is 16.9. The lowest BCUT2D eigenvalue weighted by molar-refractivity contribution is 0.356. The van der Waals surface area contributed by atoms with Gasteiger partial charge in [-0.15, -0.1) is 0 Å². The van der Waals surface area contributed by atoms with Crippen molar-refractivity contribution in [3.63, 3.8) is 0 Å². The molecule has 0 aliphatic carbocycles. The molecule has 0 aliphatic heterocycles. The fourth-order valence-electron chi connectivity index (χ4n) is 2.88. The van der Waals surface area contributed by atoms with Crippen molar-refractivity contribution in [2.75, 3.05) is 18.9 Å². The molecule has 0 atom stereocenters. The Morgan fingerprint density at radius 3 is 2.07 bits per heavy atom. The Morgan fingerprint density at radius 2 is 1.47 bits per heavy atom. The summed E-state index contributed by atoms with van der Waals surface area (Å²) in [6.07, 6.45) is 0. The molecule has 0 radical (unpaired) electrons. The molecule has 8 nitrogen and oxygen atoms in total. The number of hydrogen-bond donors (Lipinski definition) is 2. The molecule has 0 fully saturated rings. The first-order chi connectivity index (χ1) is 14.2. The van der Waals surface area contributed by atoms with Crippen LogP contribution in [0.15, 0.2) is 76.5 Å². The second-order valence-electron chi connectivity index (χ2n) is 6.24. The van der Waals surface area contributed by atoms with Gasteiger partial charge in [-0.25, -0.2) is 22.0 Å². The number of rotatable bonds is 7. The summed E-state index contributed by atoms with van der Waals surface area (Å²) in [5.74, 6) is 1.09. The van der Waals surface area contributed by atoms with Crippen LogP contribution >= 0.6 is 0 Å². The van der Waals surface area contributed by atoms with Crippen LogP contribution in [0.2, 0.25) is 0 Å². The Morgan fingerprint density at radius 1 is 0.800 bits per heavy atom. The first-order valence-corrected chi connectivity index (χ1v) is 11.7. The van der Waals surface area contributed by atoms with E-state index in [-0.39, 0.29) is 15.5 Å². The maximum Gasteiger partial charge on any atom is 0.261 e. The fourth-order valence-corrected chi connectivity index (χ4v) is 4.49. The van der Waals surface area contributed by atoms with Gasteiger partial charge < -0.3 is 9.47 Å². The molecule has 3 rings (SSSR count). The number of methoxy groups -OCH3 is 2. The number of primary sulfonamides is 1. The summed E-state index contributed by atoms with van der Waals surface area (Å²) >= 11 is 0. The van der Waals surface area contributed by atoms with Crippen LogP contribution in [0.25, 0.3) is 11.1 Å². The van der Waals surface area contributed by atoms with Gasteiger partial charge in [0.2, 0.25) is 10.0 Å². The highest BCUT2D eigenvalue weighted by molar-refractivity contribution is 7.92. The molecule has 0 amide bonds. The molecule has 3 aromatic carbocycles. The molecule has 0 aliphatic rings. The van der Waals surface area contributed by atoms with E-state index in [1.54, 1.807) is 24.3 Å². The molecule has 158 valence electrons. The number of nitrogens with one attached hydrogen (secondary N) is 1. The Labute approximate surface area is 175 Å². The quantitative estimate of drug-likeness (QED) is 0.573. The molecule has 0 heterocycles.